The number of cyclic esters (lactones) is 1. The van der Waals surface area contributed by atoms with Gasteiger partial charge in [-0.25, -0.2) is 4.79 Å². The minimum absolute atomic E-state index is 0.0619. The molecule has 1 aromatic heterocycles. The molecule has 1 fully saturated rings. The fourth-order valence-corrected chi connectivity index (χ4v) is 4.41. The van der Waals surface area contributed by atoms with Gasteiger partial charge in [-0.3, -0.25) is 0 Å². The molecule has 1 N–H and O–H groups in total. The standard InChI is InChI=1S/C26H28N2O4/c1-20(21-10-12-22(13-11-21)23-7-5-16-27(31)19-23)28-17-15-26(14-6-18-29,32-25(28)30)24-8-3-2-4-9-24/h2-5,7-13,16,19-20,29H,6,14-15,17-18H2,1H3. The number of nitrogens with zero attached hydrogens (tertiary/aromatic N) is 2. The van der Waals surface area contributed by atoms with Crippen molar-refractivity contribution in [2.45, 2.75) is 37.8 Å². The number of rotatable bonds is 7. The number of carbonyl (C=O) groups excluding carboxylic acids is 1. The van der Waals surface area contributed by atoms with Crippen LogP contribution in [0.1, 0.15) is 43.4 Å². The van der Waals surface area contributed by atoms with E-state index in [0.717, 1.165) is 27.0 Å². The first-order valence-corrected chi connectivity index (χ1v) is 11.0. The van der Waals surface area contributed by atoms with Gasteiger partial charge in [-0.2, -0.15) is 4.73 Å². The van der Waals surface area contributed by atoms with Gasteiger partial charge in [0.05, 0.1) is 6.04 Å². The molecule has 166 valence electrons. The Labute approximate surface area is 188 Å². The van der Waals surface area contributed by atoms with Crippen LogP contribution >= 0.6 is 0 Å². The third kappa shape index (κ3) is 4.46. The molecular weight excluding hydrogens is 404 g/mol. The quantitative estimate of drug-likeness (QED) is 0.439. The van der Waals surface area contributed by atoms with Crippen LogP contribution < -0.4 is 4.73 Å². The van der Waals surface area contributed by atoms with Crippen LogP contribution in [0, 0.1) is 5.21 Å². The number of carbonyl (C=O) groups is 1. The van der Waals surface area contributed by atoms with Crippen LogP contribution in [-0.4, -0.2) is 29.3 Å². The Bertz CT molecular complexity index is 1050. The molecule has 2 unspecified atom stereocenters. The van der Waals surface area contributed by atoms with E-state index in [-0.39, 0.29) is 18.7 Å². The highest BCUT2D eigenvalue weighted by Crippen LogP contribution is 2.40. The van der Waals surface area contributed by atoms with Crippen molar-refractivity contribution in [3.63, 3.8) is 0 Å². The molecular formula is C26H28N2O4. The van der Waals surface area contributed by atoms with Crippen LogP contribution in [-0.2, 0) is 10.3 Å². The average Bonchev–Trinajstić information content (AvgIpc) is 2.83. The second-order valence-electron chi connectivity index (χ2n) is 8.25. The molecule has 2 aromatic carbocycles. The van der Waals surface area contributed by atoms with Crippen LogP contribution in [0.25, 0.3) is 11.1 Å². The van der Waals surface area contributed by atoms with Crippen LogP contribution in [0.2, 0.25) is 0 Å². The molecule has 2 atom stereocenters. The third-order valence-corrected chi connectivity index (χ3v) is 6.28. The first-order valence-electron chi connectivity index (χ1n) is 11.0. The van der Waals surface area contributed by atoms with Crippen LogP contribution in [0.15, 0.2) is 79.1 Å². The van der Waals surface area contributed by atoms with Crippen molar-refractivity contribution in [1.82, 2.24) is 4.90 Å². The van der Waals surface area contributed by atoms with Crippen molar-refractivity contribution in [1.29, 1.82) is 0 Å². The lowest BCUT2D eigenvalue weighted by atomic mass is 9.84. The fourth-order valence-electron chi connectivity index (χ4n) is 4.41. The van der Waals surface area contributed by atoms with Crippen molar-refractivity contribution >= 4 is 6.09 Å². The molecule has 0 spiro atoms. The summed E-state index contributed by atoms with van der Waals surface area (Å²) in [6.45, 7) is 2.62. The molecule has 0 saturated carbocycles. The van der Waals surface area contributed by atoms with E-state index < -0.39 is 5.60 Å². The number of hydrogen-bond acceptors (Lipinski definition) is 4. The van der Waals surface area contributed by atoms with Gasteiger partial charge in [0.1, 0.15) is 5.60 Å². The summed E-state index contributed by atoms with van der Waals surface area (Å²) < 4.78 is 6.85. The monoisotopic (exact) mass is 432 g/mol. The number of benzene rings is 2. The Hall–Kier alpha value is -3.38. The molecule has 0 bridgehead atoms. The molecule has 3 aromatic rings. The summed E-state index contributed by atoms with van der Waals surface area (Å²) >= 11 is 0. The van der Waals surface area contributed by atoms with E-state index in [0.29, 0.717) is 25.8 Å². The predicted molar refractivity (Wildman–Crippen MR) is 121 cm³/mol. The number of aromatic nitrogens is 1. The van der Waals surface area contributed by atoms with Gasteiger partial charge in [0, 0.05) is 31.2 Å². The van der Waals surface area contributed by atoms with Crippen molar-refractivity contribution in [2.24, 2.45) is 0 Å². The van der Waals surface area contributed by atoms with Crippen molar-refractivity contribution < 1.29 is 19.4 Å². The zero-order valence-corrected chi connectivity index (χ0v) is 18.2. The Morgan fingerprint density at radius 2 is 1.84 bits per heavy atom. The summed E-state index contributed by atoms with van der Waals surface area (Å²) in [5.74, 6) is 0. The molecule has 1 saturated heterocycles. The smallest absolute Gasteiger partial charge is 0.411 e. The number of aliphatic hydroxyl groups excluding tert-OH is 1. The van der Waals surface area contributed by atoms with Crippen molar-refractivity contribution in [3.8, 4) is 11.1 Å². The Kier molecular flexibility index (Phi) is 6.42. The van der Waals surface area contributed by atoms with Crippen molar-refractivity contribution in [2.75, 3.05) is 13.2 Å². The lowest BCUT2D eigenvalue weighted by molar-refractivity contribution is -0.604. The summed E-state index contributed by atoms with van der Waals surface area (Å²) in [6.07, 6.45) is 4.48. The summed E-state index contributed by atoms with van der Waals surface area (Å²) in [5.41, 5.74) is 3.05. The molecule has 6 heteroatoms. The van der Waals surface area contributed by atoms with Gasteiger partial charge < -0.3 is 20.0 Å². The summed E-state index contributed by atoms with van der Waals surface area (Å²) in [4.78, 5) is 14.8. The molecule has 32 heavy (non-hydrogen) atoms. The van der Waals surface area contributed by atoms with Gasteiger partial charge in [0.25, 0.3) is 0 Å². The molecule has 6 nitrogen and oxygen atoms in total. The molecule has 0 radical (unpaired) electrons. The van der Waals surface area contributed by atoms with E-state index in [9.17, 15) is 15.1 Å². The molecule has 1 aliphatic heterocycles. The van der Waals surface area contributed by atoms with E-state index >= 15 is 0 Å². The fraction of sp³-hybridized carbons (Fsp3) is 0.308. The normalized spacial score (nSPS) is 19.4. The highest BCUT2D eigenvalue weighted by Gasteiger charge is 2.43. The average molecular weight is 433 g/mol. The lowest BCUT2D eigenvalue weighted by Gasteiger charge is -2.43. The maximum atomic E-state index is 13.1. The first-order chi connectivity index (χ1) is 15.5. The van der Waals surface area contributed by atoms with Crippen LogP contribution in [0.3, 0.4) is 0 Å². The topological polar surface area (TPSA) is 76.7 Å². The van der Waals surface area contributed by atoms with Crippen LogP contribution in [0.4, 0.5) is 4.79 Å². The van der Waals surface area contributed by atoms with Gasteiger partial charge in [0.15, 0.2) is 12.4 Å². The number of aliphatic hydroxyl groups is 1. The maximum Gasteiger partial charge on any atom is 0.411 e. The first kappa shape index (κ1) is 21.8. The van der Waals surface area contributed by atoms with Gasteiger partial charge in [-0.05, 0) is 42.5 Å². The number of ether oxygens (including phenoxy) is 1. The number of amides is 1. The van der Waals surface area contributed by atoms with Gasteiger partial charge >= 0.3 is 6.09 Å². The number of hydrogen-bond donors (Lipinski definition) is 1. The molecule has 1 amide bonds. The minimum Gasteiger partial charge on any atom is -0.619 e. The molecule has 2 heterocycles. The summed E-state index contributed by atoms with van der Waals surface area (Å²) in [7, 11) is 0. The maximum absolute atomic E-state index is 13.1. The third-order valence-electron chi connectivity index (χ3n) is 6.28. The summed E-state index contributed by atoms with van der Waals surface area (Å²) in [6, 6.07) is 21.2. The highest BCUT2D eigenvalue weighted by atomic mass is 16.6. The second-order valence-corrected chi connectivity index (χ2v) is 8.25. The second kappa shape index (κ2) is 9.40. The van der Waals surface area contributed by atoms with Crippen molar-refractivity contribution in [3.05, 3.63) is 95.5 Å². The van der Waals surface area contributed by atoms with Crippen LogP contribution in [0.5, 0.6) is 0 Å². The van der Waals surface area contributed by atoms with E-state index in [1.54, 1.807) is 11.0 Å². The highest BCUT2D eigenvalue weighted by molar-refractivity contribution is 5.70. The SMILES string of the molecule is CC(c1ccc(-c2ccc[n+]([O-])c2)cc1)N1CCC(CCCO)(c2ccccc2)OC1=O. The van der Waals surface area contributed by atoms with E-state index in [2.05, 4.69) is 0 Å². The van der Waals surface area contributed by atoms with Gasteiger partial charge in [-0.1, -0.05) is 54.6 Å². The number of pyridine rings is 1. The van der Waals surface area contributed by atoms with E-state index in [1.807, 2.05) is 67.6 Å². The Morgan fingerprint density at radius 3 is 2.50 bits per heavy atom. The van der Waals surface area contributed by atoms with E-state index in [1.165, 1.54) is 12.4 Å². The molecule has 1 aliphatic rings. The Balaban J connectivity index is 1.51. The van der Waals surface area contributed by atoms with Gasteiger partial charge in [-0.15, -0.1) is 0 Å². The zero-order valence-electron chi connectivity index (χ0n) is 18.2. The van der Waals surface area contributed by atoms with E-state index in [4.69, 9.17) is 4.74 Å². The molecule has 0 aliphatic carbocycles. The predicted octanol–water partition coefficient (Wildman–Crippen LogP) is 4.56. The van der Waals surface area contributed by atoms with Gasteiger partial charge in [0.2, 0.25) is 0 Å². The lowest BCUT2D eigenvalue weighted by Crippen LogP contribution is -2.48. The largest absolute Gasteiger partial charge is 0.619 e. The molecule has 4 rings (SSSR count). The zero-order chi connectivity index (χ0) is 22.6. The minimum atomic E-state index is -0.706. The summed E-state index contributed by atoms with van der Waals surface area (Å²) in [5, 5.41) is 20.9. The Morgan fingerprint density at radius 1 is 1.09 bits per heavy atom.